The van der Waals surface area contributed by atoms with Crippen LogP contribution in [0.15, 0.2) is 12.5 Å². The minimum absolute atomic E-state index is 0.00690. The maximum atomic E-state index is 11.8. The number of halogens is 1. The minimum atomic E-state index is -0.00690. The first kappa shape index (κ1) is 11.2. The zero-order chi connectivity index (χ0) is 10.6. The number of aryl methyl sites for hydroxylation is 1. The van der Waals surface area contributed by atoms with Crippen LogP contribution >= 0.6 is 15.9 Å². The average molecular weight is 260 g/mol. The predicted molar refractivity (Wildman–Crippen MR) is 58.6 cm³/mol. The van der Waals surface area contributed by atoms with E-state index in [4.69, 9.17) is 0 Å². The summed E-state index contributed by atoms with van der Waals surface area (Å²) in [6.07, 6.45) is 3.37. The molecule has 0 aliphatic heterocycles. The third-order valence-corrected chi connectivity index (χ3v) is 2.30. The summed E-state index contributed by atoms with van der Waals surface area (Å²) in [5, 5.41) is 0.791. The molecule has 0 atom stereocenters. The van der Waals surface area contributed by atoms with E-state index in [0.717, 1.165) is 5.33 Å². The lowest BCUT2D eigenvalue weighted by Crippen LogP contribution is -2.32. The van der Waals surface area contributed by atoms with E-state index < -0.39 is 0 Å². The first-order valence-corrected chi connectivity index (χ1v) is 5.64. The van der Waals surface area contributed by atoms with Crippen LogP contribution < -0.4 is 0 Å². The fourth-order valence-corrected chi connectivity index (χ4v) is 1.62. The second-order valence-electron chi connectivity index (χ2n) is 3.00. The fourth-order valence-electron chi connectivity index (χ4n) is 1.19. The summed E-state index contributed by atoms with van der Waals surface area (Å²) < 4.78 is 1.77. The van der Waals surface area contributed by atoms with Crippen molar-refractivity contribution in [2.24, 2.45) is 7.05 Å². The number of imidazole rings is 1. The van der Waals surface area contributed by atoms with Crippen molar-refractivity contribution in [3.8, 4) is 0 Å². The van der Waals surface area contributed by atoms with Gasteiger partial charge in [-0.1, -0.05) is 15.9 Å². The van der Waals surface area contributed by atoms with Gasteiger partial charge in [0.1, 0.15) is 5.69 Å². The van der Waals surface area contributed by atoms with E-state index in [0.29, 0.717) is 18.8 Å². The second kappa shape index (κ2) is 5.14. The largest absolute Gasteiger partial charge is 0.340 e. The molecule has 4 nitrogen and oxygen atoms in total. The van der Waals surface area contributed by atoms with Gasteiger partial charge in [0.15, 0.2) is 0 Å². The van der Waals surface area contributed by atoms with Crippen LogP contribution in [-0.4, -0.2) is 38.8 Å². The van der Waals surface area contributed by atoms with Crippen LogP contribution in [0.2, 0.25) is 0 Å². The van der Waals surface area contributed by atoms with Crippen LogP contribution in [0.3, 0.4) is 0 Å². The van der Waals surface area contributed by atoms with Gasteiger partial charge in [0.25, 0.3) is 5.91 Å². The molecule has 78 valence electrons. The highest BCUT2D eigenvalue weighted by Gasteiger charge is 2.15. The van der Waals surface area contributed by atoms with E-state index in [1.807, 2.05) is 14.0 Å². The smallest absolute Gasteiger partial charge is 0.274 e. The summed E-state index contributed by atoms with van der Waals surface area (Å²) in [6.45, 7) is 3.39. The van der Waals surface area contributed by atoms with E-state index in [1.165, 1.54) is 0 Å². The molecule has 0 unspecified atom stereocenters. The van der Waals surface area contributed by atoms with E-state index in [1.54, 1.807) is 22.0 Å². The Balaban J connectivity index is 2.72. The molecule has 0 bridgehead atoms. The molecule has 1 aromatic heterocycles. The molecule has 0 N–H and O–H groups in total. The molecule has 0 spiro atoms. The molecule has 5 heteroatoms. The van der Waals surface area contributed by atoms with Crippen LogP contribution in [0.1, 0.15) is 17.4 Å². The van der Waals surface area contributed by atoms with Gasteiger partial charge in [-0.05, 0) is 6.92 Å². The lowest BCUT2D eigenvalue weighted by Gasteiger charge is -2.17. The molecule has 1 heterocycles. The fraction of sp³-hybridized carbons (Fsp3) is 0.556. The Morgan fingerprint density at radius 2 is 2.43 bits per heavy atom. The lowest BCUT2D eigenvalue weighted by molar-refractivity contribution is 0.0769. The van der Waals surface area contributed by atoms with E-state index in [2.05, 4.69) is 20.9 Å². The number of carbonyl (C=O) groups excluding carboxylic acids is 1. The molecule has 1 aromatic rings. The third kappa shape index (κ3) is 2.57. The summed E-state index contributed by atoms with van der Waals surface area (Å²) in [4.78, 5) is 17.6. The van der Waals surface area contributed by atoms with Crippen molar-refractivity contribution in [2.75, 3.05) is 18.4 Å². The molecule has 1 amide bonds. The van der Waals surface area contributed by atoms with Gasteiger partial charge >= 0.3 is 0 Å². The molecular formula is C9H14BrN3O. The Kier molecular flexibility index (Phi) is 4.13. The Hall–Kier alpha value is -0.840. The first-order chi connectivity index (χ1) is 6.69. The van der Waals surface area contributed by atoms with E-state index in [-0.39, 0.29) is 5.91 Å². The summed E-state index contributed by atoms with van der Waals surface area (Å²) in [5.74, 6) is -0.00690. The van der Waals surface area contributed by atoms with Gasteiger partial charge in [0, 0.05) is 31.7 Å². The average Bonchev–Trinajstić information content (AvgIpc) is 2.60. The van der Waals surface area contributed by atoms with Crippen LogP contribution in [0.4, 0.5) is 0 Å². The van der Waals surface area contributed by atoms with Gasteiger partial charge < -0.3 is 9.47 Å². The summed E-state index contributed by atoms with van der Waals surface area (Å²) in [6, 6.07) is 0. The Morgan fingerprint density at radius 3 is 2.86 bits per heavy atom. The van der Waals surface area contributed by atoms with Gasteiger partial charge in [-0.2, -0.15) is 0 Å². The van der Waals surface area contributed by atoms with Crippen molar-refractivity contribution < 1.29 is 4.79 Å². The normalized spacial score (nSPS) is 10.2. The maximum Gasteiger partial charge on any atom is 0.274 e. The van der Waals surface area contributed by atoms with Crippen molar-refractivity contribution in [1.82, 2.24) is 14.5 Å². The Morgan fingerprint density at radius 1 is 1.71 bits per heavy atom. The zero-order valence-corrected chi connectivity index (χ0v) is 9.99. The SMILES string of the molecule is CCN(CCBr)C(=O)c1cn(C)cn1. The summed E-state index contributed by atoms with van der Waals surface area (Å²) in [5.41, 5.74) is 0.510. The Labute approximate surface area is 92.0 Å². The van der Waals surface area contributed by atoms with Crippen molar-refractivity contribution in [2.45, 2.75) is 6.92 Å². The molecule has 1 rings (SSSR count). The number of hydrogen-bond donors (Lipinski definition) is 0. The number of alkyl halides is 1. The van der Waals surface area contributed by atoms with Crippen molar-refractivity contribution in [1.29, 1.82) is 0 Å². The van der Waals surface area contributed by atoms with Crippen LogP contribution in [0.5, 0.6) is 0 Å². The molecule has 0 fully saturated rings. The van der Waals surface area contributed by atoms with Crippen molar-refractivity contribution in [3.05, 3.63) is 18.2 Å². The molecule has 0 aromatic carbocycles. The Bertz CT molecular complexity index is 311. The quantitative estimate of drug-likeness (QED) is 0.765. The predicted octanol–water partition coefficient (Wildman–Crippen LogP) is 1.28. The first-order valence-electron chi connectivity index (χ1n) is 4.52. The highest BCUT2D eigenvalue weighted by Crippen LogP contribution is 2.02. The molecule has 0 aliphatic carbocycles. The molecule has 0 saturated heterocycles. The number of aromatic nitrogens is 2. The molecule has 14 heavy (non-hydrogen) atoms. The minimum Gasteiger partial charge on any atom is -0.340 e. The van der Waals surface area contributed by atoms with Crippen molar-refractivity contribution >= 4 is 21.8 Å². The number of amides is 1. The molecule has 0 aliphatic rings. The lowest BCUT2D eigenvalue weighted by atomic mass is 10.4. The van der Waals surface area contributed by atoms with Gasteiger partial charge in [0.05, 0.1) is 6.33 Å². The van der Waals surface area contributed by atoms with Gasteiger partial charge in [-0.25, -0.2) is 4.98 Å². The van der Waals surface area contributed by atoms with E-state index >= 15 is 0 Å². The van der Waals surface area contributed by atoms with Gasteiger partial charge in [0.2, 0.25) is 0 Å². The van der Waals surface area contributed by atoms with Crippen LogP contribution in [0, 0.1) is 0 Å². The molecule has 0 saturated carbocycles. The topological polar surface area (TPSA) is 38.1 Å². The number of carbonyl (C=O) groups is 1. The summed E-state index contributed by atoms with van der Waals surface area (Å²) >= 11 is 3.32. The number of nitrogens with zero attached hydrogens (tertiary/aromatic N) is 3. The second-order valence-corrected chi connectivity index (χ2v) is 3.79. The number of hydrogen-bond acceptors (Lipinski definition) is 2. The highest BCUT2D eigenvalue weighted by molar-refractivity contribution is 9.09. The van der Waals surface area contributed by atoms with Gasteiger partial charge in [-0.3, -0.25) is 4.79 Å². The maximum absolute atomic E-state index is 11.8. The van der Waals surface area contributed by atoms with Gasteiger partial charge in [-0.15, -0.1) is 0 Å². The molecule has 0 radical (unpaired) electrons. The third-order valence-electron chi connectivity index (χ3n) is 1.95. The van der Waals surface area contributed by atoms with Crippen LogP contribution in [0.25, 0.3) is 0 Å². The highest BCUT2D eigenvalue weighted by atomic mass is 79.9. The molecular weight excluding hydrogens is 246 g/mol. The van der Waals surface area contributed by atoms with Crippen LogP contribution in [-0.2, 0) is 7.05 Å². The zero-order valence-electron chi connectivity index (χ0n) is 8.40. The number of rotatable bonds is 4. The van der Waals surface area contributed by atoms with Crippen molar-refractivity contribution in [3.63, 3.8) is 0 Å². The van der Waals surface area contributed by atoms with E-state index in [9.17, 15) is 4.79 Å². The monoisotopic (exact) mass is 259 g/mol. The standard InChI is InChI=1S/C9H14BrN3O/c1-3-13(5-4-10)9(14)8-6-12(2)7-11-8/h6-7H,3-5H2,1-2H3. The summed E-state index contributed by atoms with van der Waals surface area (Å²) in [7, 11) is 1.85.